The summed E-state index contributed by atoms with van der Waals surface area (Å²) in [5, 5.41) is 0. The Labute approximate surface area is 200 Å². The first-order chi connectivity index (χ1) is 16.3. The van der Waals surface area contributed by atoms with E-state index in [2.05, 4.69) is 9.62 Å². The van der Waals surface area contributed by atoms with Crippen LogP contribution in [0.2, 0.25) is 0 Å². The molecule has 34 heavy (non-hydrogen) atoms. The van der Waals surface area contributed by atoms with E-state index < -0.39 is 15.8 Å². The molecule has 184 valence electrons. The van der Waals surface area contributed by atoms with Crippen LogP contribution in [-0.2, 0) is 14.8 Å². The number of aryl methyl sites for hydroxylation is 1. The third-order valence-corrected chi connectivity index (χ3v) is 8.08. The molecular formula is C25H32FN3O4S. The molecule has 2 saturated heterocycles. The maximum Gasteiger partial charge on any atom is 0.261 e. The van der Waals surface area contributed by atoms with Gasteiger partial charge in [0.15, 0.2) is 0 Å². The molecule has 2 heterocycles. The number of ether oxygens (including phenoxy) is 1. The van der Waals surface area contributed by atoms with Crippen LogP contribution in [0.25, 0.3) is 0 Å². The van der Waals surface area contributed by atoms with Gasteiger partial charge in [-0.2, -0.15) is 0 Å². The number of benzene rings is 2. The molecule has 0 unspecified atom stereocenters. The number of rotatable bonds is 7. The first kappa shape index (κ1) is 24.6. The summed E-state index contributed by atoms with van der Waals surface area (Å²) < 4.78 is 46.7. The van der Waals surface area contributed by atoms with Gasteiger partial charge in [-0.1, -0.05) is 6.07 Å². The van der Waals surface area contributed by atoms with Crippen LogP contribution in [0.1, 0.15) is 35.2 Å². The van der Waals surface area contributed by atoms with Gasteiger partial charge in [0, 0.05) is 37.4 Å². The van der Waals surface area contributed by atoms with E-state index >= 15 is 0 Å². The topological polar surface area (TPSA) is 79.0 Å². The summed E-state index contributed by atoms with van der Waals surface area (Å²) in [5.41, 5.74) is 1.39. The lowest BCUT2D eigenvalue weighted by atomic mass is 9.92. The minimum atomic E-state index is -3.91. The molecular weight excluding hydrogens is 457 g/mol. The van der Waals surface area contributed by atoms with E-state index in [4.69, 9.17) is 4.74 Å². The summed E-state index contributed by atoms with van der Waals surface area (Å²) in [4.78, 5) is 17.5. The Hall–Kier alpha value is -2.49. The van der Waals surface area contributed by atoms with Crippen molar-refractivity contribution in [3.05, 3.63) is 59.4 Å². The number of likely N-dealkylation sites (tertiary alicyclic amines) is 1. The monoisotopic (exact) mass is 489 g/mol. The number of morpholine rings is 1. The zero-order valence-electron chi connectivity index (χ0n) is 19.5. The lowest BCUT2D eigenvalue weighted by Crippen LogP contribution is -2.41. The first-order valence-electron chi connectivity index (χ1n) is 11.8. The highest BCUT2D eigenvalue weighted by Gasteiger charge is 2.26. The number of amides is 1. The standard InChI is InChI=1S/C25H32FN3O4S/c1-19-2-7-23(34(31,32)27-22-5-3-21(26)4-6-22)18-24(19)25(30)29-12-9-20(10-13-29)8-11-28-14-16-33-17-15-28/h2-7,18,20,27H,8-17H2,1H3. The molecule has 7 nitrogen and oxygen atoms in total. The average molecular weight is 490 g/mol. The van der Waals surface area contributed by atoms with E-state index in [1.165, 1.54) is 36.4 Å². The Morgan fingerprint density at radius 2 is 1.74 bits per heavy atom. The van der Waals surface area contributed by atoms with Crippen molar-refractivity contribution in [2.45, 2.75) is 31.1 Å². The lowest BCUT2D eigenvalue weighted by molar-refractivity contribution is 0.0332. The van der Waals surface area contributed by atoms with E-state index in [0.717, 1.165) is 57.7 Å². The number of hydrogen-bond donors (Lipinski definition) is 1. The van der Waals surface area contributed by atoms with Gasteiger partial charge in [0.2, 0.25) is 0 Å². The van der Waals surface area contributed by atoms with Crippen LogP contribution in [0.15, 0.2) is 47.4 Å². The van der Waals surface area contributed by atoms with Gasteiger partial charge in [-0.05, 0) is 80.6 Å². The molecule has 2 aromatic rings. The van der Waals surface area contributed by atoms with Gasteiger partial charge in [0.1, 0.15) is 5.82 Å². The number of nitrogens with one attached hydrogen (secondary N) is 1. The molecule has 0 atom stereocenters. The second-order valence-corrected chi connectivity index (χ2v) is 10.7. The number of carbonyl (C=O) groups is 1. The molecule has 1 amide bonds. The van der Waals surface area contributed by atoms with Crippen LogP contribution in [0.5, 0.6) is 0 Å². The highest BCUT2D eigenvalue weighted by atomic mass is 32.2. The Morgan fingerprint density at radius 3 is 2.41 bits per heavy atom. The van der Waals surface area contributed by atoms with Gasteiger partial charge in [0.25, 0.3) is 15.9 Å². The summed E-state index contributed by atoms with van der Waals surface area (Å²) in [7, 11) is -3.91. The molecule has 1 N–H and O–H groups in total. The number of hydrogen-bond acceptors (Lipinski definition) is 5. The minimum absolute atomic E-state index is 0.00571. The number of sulfonamides is 1. The molecule has 0 saturated carbocycles. The summed E-state index contributed by atoms with van der Waals surface area (Å²) in [6, 6.07) is 9.66. The van der Waals surface area contributed by atoms with E-state index in [-0.39, 0.29) is 16.5 Å². The van der Waals surface area contributed by atoms with E-state index in [9.17, 15) is 17.6 Å². The fourth-order valence-corrected chi connectivity index (χ4v) is 5.60. The lowest BCUT2D eigenvalue weighted by Gasteiger charge is -2.34. The number of piperidine rings is 1. The Kier molecular flexibility index (Phi) is 7.85. The van der Waals surface area contributed by atoms with Crippen LogP contribution >= 0.6 is 0 Å². The van der Waals surface area contributed by atoms with Crippen molar-refractivity contribution >= 4 is 21.6 Å². The molecule has 0 aromatic heterocycles. The van der Waals surface area contributed by atoms with Crippen molar-refractivity contribution in [1.82, 2.24) is 9.80 Å². The fraction of sp³-hybridized carbons (Fsp3) is 0.480. The summed E-state index contributed by atoms with van der Waals surface area (Å²) in [6.45, 7) is 7.83. The number of halogens is 1. The van der Waals surface area contributed by atoms with Gasteiger partial charge in [0.05, 0.1) is 18.1 Å². The van der Waals surface area contributed by atoms with Crippen LogP contribution < -0.4 is 4.72 Å². The van der Waals surface area contributed by atoms with Crippen molar-refractivity contribution in [2.24, 2.45) is 5.92 Å². The molecule has 0 radical (unpaired) electrons. The Bertz CT molecular complexity index is 1090. The van der Waals surface area contributed by atoms with Crippen LogP contribution in [0, 0.1) is 18.7 Å². The van der Waals surface area contributed by atoms with E-state index in [0.29, 0.717) is 24.6 Å². The summed E-state index contributed by atoms with van der Waals surface area (Å²) >= 11 is 0. The normalized spacial score (nSPS) is 18.1. The molecule has 9 heteroatoms. The van der Waals surface area contributed by atoms with Gasteiger partial charge in [-0.15, -0.1) is 0 Å². The quantitative estimate of drug-likeness (QED) is 0.644. The summed E-state index contributed by atoms with van der Waals surface area (Å²) in [6.07, 6.45) is 3.04. The number of nitrogens with zero attached hydrogens (tertiary/aromatic N) is 2. The molecule has 2 fully saturated rings. The second kappa shape index (κ2) is 10.8. The zero-order valence-corrected chi connectivity index (χ0v) is 20.3. The predicted molar refractivity (Wildman–Crippen MR) is 129 cm³/mol. The van der Waals surface area contributed by atoms with E-state index in [1.807, 2.05) is 11.8 Å². The van der Waals surface area contributed by atoms with Gasteiger partial charge in [-0.3, -0.25) is 14.4 Å². The zero-order chi connectivity index (χ0) is 24.1. The van der Waals surface area contributed by atoms with Crippen molar-refractivity contribution in [3.63, 3.8) is 0 Å². The minimum Gasteiger partial charge on any atom is -0.379 e. The predicted octanol–water partition coefficient (Wildman–Crippen LogP) is 3.51. The van der Waals surface area contributed by atoms with Crippen LogP contribution in [0.4, 0.5) is 10.1 Å². The molecule has 0 spiro atoms. The van der Waals surface area contributed by atoms with Gasteiger partial charge in [-0.25, -0.2) is 12.8 Å². The van der Waals surface area contributed by atoms with Gasteiger partial charge >= 0.3 is 0 Å². The van der Waals surface area contributed by atoms with Gasteiger partial charge < -0.3 is 9.64 Å². The maximum absolute atomic E-state index is 13.3. The molecule has 2 aliphatic heterocycles. The maximum atomic E-state index is 13.3. The number of carbonyl (C=O) groups excluding carboxylic acids is 1. The molecule has 0 bridgehead atoms. The SMILES string of the molecule is Cc1ccc(S(=O)(=O)Nc2ccc(F)cc2)cc1C(=O)N1CCC(CCN2CCOCC2)CC1. The Balaban J connectivity index is 1.37. The Morgan fingerprint density at radius 1 is 1.06 bits per heavy atom. The van der Waals surface area contributed by atoms with Crippen LogP contribution in [-0.4, -0.2) is 70.1 Å². The van der Waals surface area contributed by atoms with E-state index in [1.54, 1.807) is 6.07 Å². The first-order valence-corrected chi connectivity index (χ1v) is 13.3. The molecule has 2 aliphatic rings. The average Bonchev–Trinajstić information content (AvgIpc) is 2.85. The van der Waals surface area contributed by atoms with Crippen molar-refractivity contribution < 1.29 is 22.3 Å². The highest BCUT2D eigenvalue weighted by molar-refractivity contribution is 7.92. The number of anilines is 1. The third kappa shape index (κ3) is 6.14. The van der Waals surface area contributed by atoms with Crippen molar-refractivity contribution in [2.75, 3.05) is 50.7 Å². The molecule has 0 aliphatic carbocycles. The molecule has 2 aromatic carbocycles. The largest absolute Gasteiger partial charge is 0.379 e. The fourth-order valence-electron chi connectivity index (χ4n) is 4.52. The van der Waals surface area contributed by atoms with Crippen molar-refractivity contribution in [1.29, 1.82) is 0 Å². The summed E-state index contributed by atoms with van der Waals surface area (Å²) in [5.74, 6) is 0.0126. The smallest absolute Gasteiger partial charge is 0.261 e. The highest BCUT2D eigenvalue weighted by Crippen LogP contribution is 2.25. The second-order valence-electron chi connectivity index (χ2n) is 9.07. The van der Waals surface area contributed by atoms with Crippen molar-refractivity contribution in [3.8, 4) is 0 Å². The molecule has 4 rings (SSSR count). The third-order valence-electron chi connectivity index (χ3n) is 6.71. The van der Waals surface area contributed by atoms with Crippen LogP contribution in [0.3, 0.4) is 0 Å².